The Morgan fingerprint density at radius 3 is 2.15 bits per heavy atom. The maximum absolute atomic E-state index is 10.7. The van der Waals surface area contributed by atoms with Gasteiger partial charge in [0.2, 0.25) is 0 Å². The molecule has 1 saturated heterocycles. The van der Waals surface area contributed by atoms with Crippen molar-refractivity contribution in [2.45, 2.75) is 0 Å². The lowest BCUT2D eigenvalue weighted by Gasteiger charge is -2.36. The molecule has 0 radical (unpaired) electrons. The van der Waals surface area contributed by atoms with Crippen LogP contribution in [0.5, 0.6) is 11.5 Å². The Kier molecular flexibility index (Phi) is 5.91. The van der Waals surface area contributed by atoms with Gasteiger partial charge in [-0.2, -0.15) is 0 Å². The molecule has 1 heterocycles. The Labute approximate surface area is 152 Å². The van der Waals surface area contributed by atoms with Crippen LogP contribution < -0.4 is 14.4 Å². The molecule has 0 spiro atoms. The van der Waals surface area contributed by atoms with Gasteiger partial charge in [0.05, 0.1) is 12.0 Å². The highest BCUT2D eigenvalue weighted by atomic mass is 16.6. The minimum atomic E-state index is -0.371. The number of piperazine rings is 1. The van der Waals surface area contributed by atoms with E-state index in [0.717, 1.165) is 49.9 Å². The predicted octanol–water partition coefficient (Wildman–Crippen LogP) is 2.80. The second-order valence-corrected chi connectivity index (χ2v) is 6.13. The van der Waals surface area contributed by atoms with Crippen molar-refractivity contribution in [2.24, 2.45) is 0 Å². The lowest BCUT2D eigenvalue weighted by atomic mass is 10.2. The molecule has 2 aromatic carbocycles. The molecule has 0 aliphatic carbocycles. The van der Waals surface area contributed by atoms with Crippen molar-refractivity contribution < 1.29 is 14.4 Å². The van der Waals surface area contributed by atoms with Crippen LogP contribution in [0.15, 0.2) is 48.5 Å². The molecule has 0 aromatic heterocycles. The van der Waals surface area contributed by atoms with Crippen LogP contribution in [0.4, 0.5) is 11.4 Å². The smallest absolute Gasteiger partial charge is 0.269 e. The molecule has 0 N–H and O–H groups in total. The summed E-state index contributed by atoms with van der Waals surface area (Å²) < 4.78 is 10.9. The normalized spacial score (nSPS) is 14.9. The molecule has 0 unspecified atom stereocenters. The third-order valence-corrected chi connectivity index (χ3v) is 4.53. The Bertz CT molecular complexity index is 711. The molecular formula is C19H23N3O4. The van der Waals surface area contributed by atoms with E-state index in [0.29, 0.717) is 6.61 Å². The SMILES string of the molecule is COc1ccc(OCCN2CCN(c3ccc([N+](=O)[O-])cc3)CC2)cc1. The number of hydrogen-bond acceptors (Lipinski definition) is 6. The van der Waals surface area contributed by atoms with Crippen LogP contribution in [0.3, 0.4) is 0 Å². The fourth-order valence-corrected chi connectivity index (χ4v) is 2.98. The minimum Gasteiger partial charge on any atom is -0.497 e. The first kappa shape index (κ1) is 18.0. The molecular weight excluding hydrogens is 334 g/mol. The molecule has 2 aromatic rings. The Balaban J connectivity index is 1.41. The summed E-state index contributed by atoms with van der Waals surface area (Å²) in [5.41, 5.74) is 1.16. The maximum atomic E-state index is 10.7. The molecule has 7 heteroatoms. The molecule has 1 aliphatic rings. The zero-order valence-corrected chi connectivity index (χ0v) is 14.8. The molecule has 1 fully saturated rings. The highest BCUT2D eigenvalue weighted by Gasteiger charge is 2.17. The van der Waals surface area contributed by atoms with Crippen LogP contribution in [-0.4, -0.2) is 56.3 Å². The van der Waals surface area contributed by atoms with Crippen molar-refractivity contribution in [1.82, 2.24) is 4.90 Å². The molecule has 0 saturated carbocycles. The van der Waals surface area contributed by atoms with Gasteiger partial charge in [-0.05, 0) is 36.4 Å². The summed E-state index contributed by atoms with van der Waals surface area (Å²) in [5.74, 6) is 1.66. The number of nitro groups is 1. The van der Waals surface area contributed by atoms with Crippen molar-refractivity contribution in [3.8, 4) is 11.5 Å². The first-order valence-electron chi connectivity index (χ1n) is 8.64. The molecule has 0 bridgehead atoms. The molecule has 0 amide bonds. The standard InChI is InChI=1S/C19H23N3O4/c1-25-18-6-8-19(9-7-18)26-15-14-20-10-12-21(13-11-20)16-2-4-17(5-3-16)22(23)24/h2-9H,10-15H2,1H3. The summed E-state index contributed by atoms with van der Waals surface area (Å²) in [6.45, 7) is 5.22. The third-order valence-electron chi connectivity index (χ3n) is 4.53. The lowest BCUT2D eigenvalue weighted by molar-refractivity contribution is -0.384. The Morgan fingerprint density at radius 2 is 1.58 bits per heavy atom. The van der Waals surface area contributed by atoms with E-state index in [-0.39, 0.29) is 10.6 Å². The average Bonchev–Trinajstić information content (AvgIpc) is 2.69. The van der Waals surface area contributed by atoms with Crippen molar-refractivity contribution in [3.05, 3.63) is 58.6 Å². The largest absolute Gasteiger partial charge is 0.497 e. The highest BCUT2D eigenvalue weighted by Crippen LogP contribution is 2.21. The van der Waals surface area contributed by atoms with Crippen LogP contribution in [0.2, 0.25) is 0 Å². The monoisotopic (exact) mass is 357 g/mol. The van der Waals surface area contributed by atoms with Crippen molar-refractivity contribution in [3.63, 3.8) is 0 Å². The zero-order valence-electron chi connectivity index (χ0n) is 14.8. The summed E-state index contributed by atoms with van der Waals surface area (Å²) in [6, 6.07) is 14.4. The molecule has 138 valence electrons. The van der Waals surface area contributed by atoms with Gasteiger partial charge in [0.25, 0.3) is 5.69 Å². The molecule has 26 heavy (non-hydrogen) atoms. The predicted molar refractivity (Wildman–Crippen MR) is 100 cm³/mol. The molecule has 0 atom stereocenters. The van der Waals surface area contributed by atoms with Crippen LogP contribution in [0.1, 0.15) is 0 Å². The van der Waals surface area contributed by atoms with Crippen molar-refractivity contribution in [1.29, 1.82) is 0 Å². The molecule has 1 aliphatic heterocycles. The molecule has 7 nitrogen and oxygen atoms in total. The van der Waals surface area contributed by atoms with Gasteiger partial charge in [-0.1, -0.05) is 0 Å². The average molecular weight is 357 g/mol. The molecule has 3 rings (SSSR count). The number of non-ortho nitro benzene ring substituents is 1. The number of nitro benzene ring substituents is 1. The lowest BCUT2D eigenvalue weighted by Crippen LogP contribution is -2.47. The summed E-state index contributed by atoms with van der Waals surface area (Å²) in [6.07, 6.45) is 0. The van der Waals surface area contributed by atoms with Gasteiger partial charge >= 0.3 is 0 Å². The number of methoxy groups -OCH3 is 1. The Morgan fingerprint density at radius 1 is 0.962 bits per heavy atom. The van der Waals surface area contributed by atoms with Gasteiger partial charge in [0.1, 0.15) is 18.1 Å². The number of ether oxygens (including phenoxy) is 2. The van der Waals surface area contributed by atoms with E-state index >= 15 is 0 Å². The van der Waals surface area contributed by atoms with Crippen LogP contribution >= 0.6 is 0 Å². The first-order valence-corrected chi connectivity index (χ1v) is 8.64. The Hall–Kier alpha value is -2.80. The van der Waals surface area contributed by atoms with Gasteiger partial charge in [0, 0.05) is 50.5 Å². The number of rotatable bonds is 7. The van der Waals surface area contributed by atoms with Crippen molar-refractivity contribution >= 4 is 11.4 Å². The second kappa shape index (κ2) is 8.53. The zero-order chi connectivity index (χ0) is 18.4. The van der Waals surface area contributed by atoms with E-state index in [4.69, 9.17) is 9.47 Å². The van der Waals surface area contributed by atoms with Gasteiger partial charge in [-0.25, -0.2) is 0 Å². The topological polar surface area (TPSA) is 68.1 Å². The van der Waals surface area contributed by atoms with Crippen molar-refractivity contribution in [2.75, 3.05) is 51.3 Å². The van der Waals surface area contributed by atoms with E-state index < -0.39 is 0 Å². The van der Waals surface area contributed by atoms with Crippen LogP contribution in [0, 0.1) is 10.1 Å². The second-order valence-electron chi connectivity index (χ2n) is 6.13. The van der Waals surface area contributed by atoms with Gasteiger partial charge < -0.3 is 14.4 Å². The van der Waals surface area contributed by atoms with E-state index in [1.165, 1.54) is 0 Å². The minimum absolute atomic E-state index is 0.128. The maximum Gasteiger partial charge on any atom is 0.269 e. The number of anilines is 1. The third kappa shape index (κ3) is 4.64. The quantitative estimate of drug-likeness (QED) is 0.561. The number of hydrogen-bond donors (Lipinski definition) is 0. The van der Waals surface area contributed by atoms with E-state index in [2.05, 4.69) is 9.80 Å². The van der Waals surface area contributed by atoms with E-state index in [9.17, 15) is 10.1 Å². The summed E-state index contributed by atoms with van der Waals surface area (Å²) in [7, 11) is 1.65. The number of benzene rings is 2. The van der Waals surface area contributed by atoms with Gasteiger partial charge in [-0.3, -0.25) is 15.0 Å². The first-order chi connectivity index (χ1) is 12.7. The fraction of sp³-hybridized carbons (Fsp3) is 0.368. The van der Waals surface area contributed by atoms with Crippen LogP contribution in [0.25, 0.3) is 0 Å². The summed E-state index contributed by atoms with van der Waals surface area (Å²) in [5, 5.41) is 10.7. The van der Waals surface area contributed by atoms with Gasteiger partial charge in [0.15, 0.2) is 0 Å². The van der Waals surface area contributed by atoms with Crippen LogP contribution in [-0.2, 0) is 0 Å². The number of nitrogens with zero attached hydrogens (tertiary/aromatic N) is 3. The summed E-state index contributed by atoms with van der Waals surface area (Å²) >= 11 is 0. The van der Waals surface area contributed by atoms with E-state index in [1.54, 1.807) is 19.2 Å². The summed E-state index contributed by atoms with van der Waals surface area (Å²) in [4.78, 5) is 15.0. The van der Waals surface area contributed by atoms with E-state index in [1.807, 2.05) is 36.4 Å². The highest BCUT2D eigenvalue weighted by molar-refractivity contribution is 5.51. The fourth-order valence-electron chi connectivity index (χ4n) is 2.98. The van der Waals surface area contributed by atoms with Gasteiger partial charge in [-0.15, -0.1) is 0 Å².